The number of aromatic nitrogens is 1. The molecule has 1 fully saturated rings. The third-order valence-corrected chi connectivity index (χ3v) is 8.36. The average Bonchev–Trinajstić information content (AvgIpc) is 3.05. The summed E-state index contributed by atoms with van der Waals surface area (Å²) in [4.78, 5) is 21.2. The van der Waals surface area contributed by atoms with Crippen molar-refractivity contribution in [3.8, 4) is 11.5 Å². The van der Waals surface area contributed by atoms with Gasteiger partial charge in [0.15, 0.2) is 0 Å². The number of benzene rings is 2. The molecule has 0 saturated heterocycles. The van der Waals surface area contributed by atoms with Gasteiger partial charge in [-0.25, -0.2) is 0 Å². The largest absolute Gasteiger partial charge is 0.457 e. The monoisotopic (exact) mass is 523 g/mol. The molecule has 3 unspecified atom stereocenters. The summed E-state index contributed by atoms with van der Waals surface area (Å²) in [5.41, 5.74) is 6.29. The fraction of sp³-hybridized carbons (Fsp3) is 0.441. The first-order chi connectivity index (χ1) is 19.0. The van der Waals surface area contributed by atoms with E-state index in [1.165, 1.54) is 68.1 Å². The van der Waals surface area contributed by atoms with Crippen molar-refractivity contribution in [1.82, 2.24) is 10.3 Å². The highest BCUT2D eigenvalue weighted by Gasteiger charge is 2.22. The Hall–Kier alpha value is -3.47. The molecule has 0 radical (unpaired) electrons. The van der Waals surface area contributed by atoms with Crippen LogP contribution in [0.15, 0.2) is 65.8 Å². The lowest BCUT2D eigenvalue weighted by molar-refractivity contribution is 0.0958. The summed E-state index contributed by atoms with van der Waals surface area (Å²) in [5, 5.41) is 2.60. The molecular formula is C34H41N3O2. The van der Waals surface area contributed by atoms with Crippen molar-refractivity contribution in [3.05, 3.63) is 83.2 Å². The van der Waals surface area contributed by atoms with Crippen molar-refractivity contribution in [3.63, 3.8) is 0 Å². The molecule has 0 bridgehead atoms. The number of fused-ring (bicyclic) bond motifs is 1. The Morgan fingerprint density at radius 1 is 0.923 bits per heavy atom. The van der Waals surface area contributed by atoms with E-state index >= 15 is 0 Å². The van der Waals surface area contributed by atoms with Crippen LogP contribution in [0.4, 0.5) is 5.69 Å². The van der Waals surface area contributed by atoms with Gasteiger partial charge in [0.1, 0.15) is 17.2 Å². The molecule has 2 heterocycles. The molecule has 1 N–H and O–H groups in total. The average molecular weight is 524 g/mol. The molecule has 5 nitrogen and oxygen atoms in total. The molecule has 1 aromatic heterocycles. The molecule has 204 valence electrons. The second-order valence-electron chi connectivity index (χ2n) is 11.5. The van der Waals surface area contributed by atoms with E-state index in [2.05, 4.69) is 54.5 Å². The van der Waals surface area contributed by atoms with Crippen LogP contribution in [0.25, 0.3) is 0 Å². The SMILES string of the molecule is CNC(=O)c1cc(Oc2ccc3c(c2)N=C(c2ccc(CC4CCCCC(C)CCC4)cc2)C(C)C3)ccn1. The molecule has 1 amide bonds. The van der Waals surface area contributed by atoms with Crippen LogP contribution >= 0.6 is 0 Å². The Bertz CT molecular complexity index is 1310. The van der Waals surface area contributed by atoms with Crippen molar-refractivity contribution in [2.24, 2.45) is 22.7 Å². The first-order valence-electron chi connectivity index (χ1n) is 14.7. The van der Waals surface area contributed by atoms with E-state index in [9.17, 15) is 4.79 Å². The molecular weight excluding hydrogens is 482 g/mol. The number of hydrogen-bond donors (Lipinski definition) is 1. The van der Waals surface area contributed by atoms with E-state index in [-0.39, 0.29) is 5.91 Å². The van der Waals surface area contributed by atoms with Gasteiger partial charge >= 0.3 is 0 Å². The lowest BCUT2D eigenvalue weighted by Gasteiger charge is -2.23. The zero-order chi connectivity index (χ0) is 27.2. The predicted octanol–water partition coefficient (Wildman–Crippen LogP) is 8.09. The standard InChI is InChI=1S/C34H41N3O2/c1-23-7-4-5-9-25(10-6-8-23)20-26-11-13-27(14-12-26)33-24(2)19-28-15-16-29(21-31(28)37-33)39-30-17-18-36-32(22-30)34(38)35-3/h11-18,21-25H,4-10,19-20H2,1-3H3,(H,35,38). The van der Waals surface area contributed by atoms with E-state index < -0.39 is 0 Å². The van der Waals surface area contributed by atoms with Crippen LogP contribution in [-0.4, -0.2) is 23.7 Å². The Morgan fingerprint density at radius 3 is 2.49 bits per heavy atom. The number of carbonyl (C=O) groups excluding carboxylic acids is 1. The maximum absolute atomic E-state index is 11.9. The van der Waals surface area contributed by atoms with Gasteiger partial charge in [-0.1, -0.05) is 89.1 Å². The van der Waals surface area contributed by atoms with Gasteiger partial charge in [0, 0.05) is 31.3 Å². The summed E-state index contributed by atoms with van der Waals surface area (Å²) in [6, 6.07) is 18.6. The van der Waals surface area contributed by atoms with Crippen molar-refractivity contribution in [2.45, 2.75) is 71.6 Å². The lowest BCUT2D eigenvalue weighted by Crippen LogP contribution is -2.19. The normalized spacial score (nSPS) is 21.5. The minimum atomic E-state index is -0.241. The molecule has 3 aromatic rings. The van der Waals surface area contributed by atoms with Crippen LogP contribution in [0.1, 0.15) is 86.0 Å². The van der Waals surface area contributed by atoms with Crippen LogP contribution in [0, 0.1) is 17.8 Å². The van der Waals surface area contributed by atoms with Crippen LogP contribution in [0.5, 0.6) is 11.5 Å². The molecule has 2 aromatic carbocycles. The summed E-state index contributed by atoms with van der Waals surface area (Å²) >= 11 is 0. The summed E-state index contributed by atoms with van der Waals surface area (Å²) in [5.74, 6) is 3.08. The fourth-order valence-corrected chi connectivity index (χ4v) is 6.08. The Balaban J connectivity index is 1.29. The molecule has 39 heavy (non-hydrogen) atoms. The molecule has 2 aliphatic rings. The number of carbonyl (C=O) groups is 1. The molecule has 5 rings (SSSR count). The number of nitrogens with one attached hydrogen (secondary N) is 1. The number of ether oxygens (including phenoxy) is 1. The number of hydrogen-bond acceptors (Lipinski definition) is 4. The van der Waals surface area contributed by atoms with E-state index in [4.69, 9.17) is 9.73 Å². The van der Waals surface area contributed by atoms with Gasteiger partial charge in [-0.2, -0.15) is 0 Å². The minimum absolute atomic E-state index is 0.241. The van der Waals surface area contributed by atoms with Gasteiger partial charge in [-0.3, -0.25) is 14.8 Å². The van der Waals surface area contributed by atoms with E-state index in [1.54, 1.807) is 25.4 Å². The highest BCUT2D eigenvalue weighted by atomic mass is 16.5. The van der Waals surface area contributed by atoms with E-state index in [0.717, 1.165) is 29.7 Å². The summed E-state index contributed by atoms with van der Waals surface area (Å²) < 4.78 is 6.08. The zero-order valence-electron chi connectivity index (χ0n) is 23.6. The summed E-state index contributed by atoms with van der Waals surface area (Å²) in [7, 11) is 1.59. The Morgan fingerprint density at radius 2 is 1.67 bits per heavy atom. The number of amides is 1. The van der Waals surface area contributed by atoms with E-state index in [1.807, 2.05) is 12.1 Å². The third kappa shape index (κ3) is 6.95. The van der Waals surface area contributed by atoms with Gasteiger partial charge in [-0.15, -0.1) is 0 Å². The van der Waals surface area contributed by atoms with Crippen LogP contribution in [-0.2, 0) is 12.8 Å². The van der Waals surface area contributed by atoms with Gasteiger partial charge in [-0.05, 0) is 53.5 Å². The second kappa shape index (κ2) is 12.6. The van der Waals surface area contributed by atoms with E-state index in [0.29, 0.717) is 23.1 Å². The lowest BCUT2D eigenvalue weighted by atomic mass is 9.87. The van der Waals surface area contributed by atoms with Crippen molar-refractivity contribution in [1.29, 1.82) is 0 Å². The highest BCUT2D eigenvalue weighted by Crippen LogP contribution is 2.35. The molecule has 1 aliphatic heterocycles. The molecule has 5 heteroatoms. The zero-order valence-corrected chi connectivity index (χ0v) is 23.6. The second-order valence-corrected chi connectivity index (χ2v) is 11.5. The molecule has 1 saturated carbocycles. The topological polar surface area (TPSA) is 63.6 Å². The van der Waals surface area contributed by atoms with Crippen molar-refractivity contribution >= 4 is 17.3 Å². The van der Waals surface area contributed by atoms with Crippen LogP contribution in [0.2, 0.25) is 0 Å². The smallest absolute Gasteiger partial charge is 0.269 e. The molecule has 0 spiro atoms. The first kappa shape index (κ1) is 27.1. The van der Waals surface area contributed by atoms with Gasteiger partial charge < -0.3 is 10.1 Å². The quantitative estimate of drug-likeness (QED) is 0.355. The Labute approximate surface area is 233 Å². The fourth-order valence-electron chi connectivity index (χ4n) is 6.08. The number of rotatable bonds is 6. The summed E-state index contributed by atoms with van der Waals surface area (Å²) in [6.45, 7) is 4.68. The molecule has 1 aliphatic carbocycles. The highest BCUT2D eigenvalue weighted by molar-refractivity contribution is 6.04. The van der Waals surface area contributed by atoms with Crippen molar-refractivity contribution in [2.75, 3.05) is 7.05 Å². The summed E-state index contributed by atoms with van der Waals surface area (Å²) in [6.07, 6.45) is 13.4. The van der Waals surface area contributed by atoms with Crippen molar-refractivity contribution < 1.29 is 9.53 Å². The van der Waals surface area contributed by atoms with Crippen LogP contribution in [0.3, 0.4) is 0 Å². The minimum Gasteiger partial charge on any atom is -0.457 e. The van der Waals surface area contributed by atoms with Gasteiger partial charge in [0.25, 0.3) is 5.91 Å². The van der Waals surface area contributed by atoms with Crippen LogP contribution < -0.4 is 10.1 Å². The van der Waals surface area contributed by atoms with Gasteiger partial charge in [0.05, 0.1) is 11.4 Å². The van der Waals surface area contributed by atoms with Gasteiger partial charge in [0.2, 0.25) is 0 Å². The predicted molar refractivity (Wildman–Crippen MR) is 158 cm³/mol. The Kier molecular flexibility index (Phi) is 8.75. The number of pyridine rings is 1. The number of aliphatic imine (C=N–C) groups is 1. The third-order valence-electron chi connectivity index (χ3n) is 8.36. The molecule has 3 atom stereocenters. The first-order valence-corrected chi connectivity index (χ1v) is 14.7. The maximum atomic E-state index is 11.9. The maximum Gasteiger partial charge on any atom is 0.269 e. The number of nitrogens with zero attached hydrogens (tertiary/aromatic N) is 2.